The lowest BCUT2D eigenvalue weighted by Crippen LogP contribution is -2.40. The molecule has 0 radical (unpaired) electrons. The Morgan fingerprint density at radius 2 is 1.54 bits per heavy atom. The number of ether oxygens (including phenoxy) is 1. The zero-order chi connectivity index (χ0) is 44.1. The number of hydrogen-bond donors (Lipinski definition) is 7. The molecule has 1 saturated heterocycles. The zero-order valence-corrected chi connectivity index (χ0v) is 35.3. The Bertz CT molecular complexity index is 2560. The second kappa shape index (κ2) is 21.3. The number of rotatable bonds is 17. The number of aromatic hydroxyl groups is 1. The predicted octanol–water partition coefficient (Wildman–Crippen LogP) is 6.80. The number of aromatic amines is 1. The number of phenolic OH excluding ortho intramolecular Hbond substituents is 1. The first-order chi connectivity index (χ1) is 30.6. The molecule has 1 aromatic heterocycles. The van der Waals surface area contributed by atoms with E-state index in [0.29, 0.717) is 73.0 Å². The lowest BCUT2D eigenvalue weighted by Gasteiger charge is -2.31. The molecule has 2 heterocycles. The molecule has 13 nitrogen and oxygen atoms in total. The van der Waals surface area contributed by atoms with Crippen LogP contribution in [-0.2, 0) is 29.0 Å². The highest BCUT2D eigenvalue weighted by atomic mass is 16.6. The summed E-state index contributed by atoms with van der Waals surface area (Å²) in [4.78, 5) is 55.2. The Morgan fingerprint density at radius 1 is 0.810 bits per heavy atom. The van der Waals surface area contributed by atoms with Crippen molar-refractivity contribution in [3.05, 3.63) is 166 Å². The Morgan fingerprint density at radius 3 is 2.33 bits per heavy atom. The van der Waals surface area contributed by atoms with E-state index in [-0.39, 0.29) is 41.8 Å². The van der Waals surface area contributed by atoms with Crippen LogP contribution >= 0.6 is 0 Å². The fourth-order valence-electron chi connectivity index (χ4n) is 7.85. The van der Waals surface area contributed by atoms with Crippen molar-refractivity contribution in [2.45, 2.75) is 63.9 Å². The summed E-state index contributed by atoms with van der Waals surface area (Å²) in [5.41, 5.74) is 6.59. The minimum atomic E-state index is -0.848. The highest BCUT2D eigenvalue weighted by Crippen LogP contribution is 2.30. The average Bonchev–Trinajstić information content (AvgIpc) is 3.30. The molecule has 5 aromatic carbocycles. The molecule has 2 atom stereocenters. The molecule has 7 N–H and O–H groups in total. The number of pyridine rings is 1. The molecule has 0 spiro atoms. The summed E-state index contributed by atoms with van der Waals surface area (Å²) in [6.07, 6.45) is 0.916. The quantitative estimate of drug-likeness (QED) is 0.0519. The number of amides is 3. The van der Waals surface area contributed by atoms with Crippen molar-refractivity contribution in [3.8, 4) is 16.9 Å². The number of H-pyrrole nitrogens is 1. The monoisotopic (exact) mass is 850 g/mol. The van der Waals surface area contributed by atoms with Gasteiger partial charge in [-0.05, 0) is 84.3 Å². The molecule has 1 unspecified atom stereocenters. The first-order valence-corrected chi connectivity index (χ1v) is 21.4. The number of nitrogens with zero attached hydrogens (tertiary/aromatic N) is 1. The van der Waals surface area contributed by atoms with Gasteiger partial charge in [0, 0.05) is 74.3 Å². The van der Waals surface area contributed by atoms with E-state index >= 15 is 0 Å². The smallest absolute Gasteiger partial charge is 0.411 e. The van der Waals surface area contributed by atoms with Gasteiger partial charge in [0.05, 0.1) is 17.3 Å². The lowest BCUT2D eigenvalue weighted by atomic mass is 10.0. The normalized spacial score (nSPS) is 14.1. The molecule has 0 bridgehead atoms. The number of carbonyl (C=O) groups is 3. The van der Waals surface area contributed by atoms with Gasteiger partial charge in [0.15, 0.2) is 0 Å². The summed E-state index contributed by atoms with van der Waals surface area (Å²) in [7, 11) is 0. The molecule has 0 aliphatic carbocycles. The Hall–Kier alpha value is -6.80. The Labute approximate surface area is 366 Å². The van der Waals surface area contributed by atoms with E-state index in [9.17, 15) is 29.4 Å². The summed E-state index contributed by atoms with van der Waals surface area (Å²) in [6.45, 7) is 5.03. The maximum Gasteiger partial charge on any atom is 0.411 e. The molecule has 0 saturated carbocycles. The second-order valence-corrected chi connectivity index (χ2v) is 16.0. The average molecular weight is 851 g/mol. The van der Waals surface area contributed by atoms with E-state index < -0.39 is 12.2 Å². The molecular weight excluding hydrogens is 797 g/mol. The number of hydrogen-bond acceptors (Lipinski definition) is 9. The van der Waals surface area contributed by atoms with E-state index in [0.717, 1.165) is 40.9 Å². The van der Waals surface area contributed by atoms with Crippen LogP contribution in [0.2, 0.25) is 0 Å². The molecule has 1 aliphatic heterocycles. The summed E-state index contributed by atoms with van der Waals surface area (Å²) in [6, 6.07) is 38.9. The number of carbonyl (C=O) groups excluding carboxylic acids is 3. The number of benzene rings is 5. The maximum absolute atomic E-state index is 13.1. The number of aromatic nitrogens is 1. The summed E-state index contributed by atoms with van der Waals surface area (Å²) in [5.74, 6) is -0.335. The van der Waals surface area contributed by atoms with Gasteiger partial charge in [-0.15, -0.1) is 0 Å². The van der Waals surface area contributed by atoms with Crippen LogP contribution in [0.3, 0.4) is 0 Å². The SMILES string of the molecule is CC(Cc1ccc(CNC(=O)c2cccc(CNC(=O)CCN3CCC(OC(=O)Nc4ccccc4-c4ccccc4)CC3)c2)cc1)NC[C@H](O)c1ccc(O)c2[nH]c(=O)ccc12. The maximum atomic E-state index is 13.1. The fourth-order valence-corrected chi connectivity index (χ4v) is 7.85. The Kier molecular flexibility index (Phi) is 15.0. The van der Waals surface area contributed by atoms with Crippen LogP contribution in [0.15, 0.2) is 132 Å². The van der Waals surface area contributed by atoms with Crippen LogP contribution in [0, 0.1) is 0 Å². The summed E-state index contributed by atoms with van der Waals surface area (Å²) >= 11 is 0. The minimum absolute atomic E-state index is 0.0484. The summed E-state index contributed by atoms with van der Waals surface area (Å²) in [5, 5.41) is 33.9. The van der Waals surface area contributed by atoms with E-state index in [1.165, 1.54) is 12.1 Å². The highest BCUT2D eigenvalue weighted by Gasteiger charge is 2.23. The second-order valence-electron chi connectivity index (χ2n) is 16.0. The van der Waals surface area contributed by atoms with Crippen molar-refractivity contribution in [1.82, 2.24) is 25.8 Å². The van der Waals surface area contributed by atoms with Crippen LogP contribution in [0.25, 0.3) is 22.0 Å². The largest absolute Gasteiger partial charge is 0.506 e. The van der Waals surface area contributed by atoms with Crippen LogP contribution in [-0.4, -0.2) is 76.3 Å². The van der Waals surface area contributed by atoms with Crippen molar-refractivity contribution in [3.63, 3.8) is 0 Å². The van der Waals surface area contributed by atoms with Gasteiger partial charge in [-0.3, -0.25) is 19.7 Å². The highest BCUT2D eigenvalue weighted by molar-refractivity contribution is 5.94. The lowest BCUT2D eigenvalue weighted by molar-refractivity contribution is -0.121. The van der Waals surface area contributed by atoms with Gasteiger partial charge < -0.3 is 40.8 Å². The molecular formula is C50H54N6O7. The fraction of sp³-hybridized carbons (Fsp3) is 0.280. The van der Waals surface area contributed by atoms with Crippen molar-refractivity contribution >= 4 is 34.5 Å². The molecule has 326 valence electrons. The summed E-state index contributed by atoms with van der Waals surface area (Å²) < 4.78 is 5.76. The van der Waals surface area contributed by atoms with Gasteiger partial charge in [-0.25, -0.2) is 4.79 Å². The number of piperidine rings is 1. The number of aliphatic hydroxyl groups is 1. The van der Waals surface area contributed by atoms with Gasteiger partial charge in [0.1, 0.15) is 11.9 Å². The number of likely N-dealkylation sites (tertiary alicyclic amines) is 1. The van der Waals surface area contributed by atoms with Crippen LogP contribution in [0.5, 0.6) is 5.75 Å². The third kappa shape index (κ3) is 12.4. The third-order valence-corrected chi connectivity index (χ3v) is 11.3. The van der Waals surface area contributed by atoms with Gasteiger partial charge in [0.2, 0.25) is 11.5 Å². The molecule has 6 aromatic rings. The molecule has 63 heavy (non-hydrogen) atoms. The molecule has 1 fully saturated rings. The topological polar surface area (TPSA) is 185 Å². The molecule has 3 amide bonds. The van der Waals surface area contributed by atoms with E-state index in [1.54, 1.807) is 24.3 Å². The minimum Gasteiger partial charge on any atom is -0.506 e. The van der Waals surface area contributed by atoms with Gasteiger partial charge >= 0.3 is 6.09 Å². The standard InChI is InChI=1S/C50H54N6O7/c1-33(51-32-45(58)41-18-20-44(57)48-42(41)19-21-47(60)55-48)28-34-14-16-35(17-15-34)30-53-49(61)38-11-7-8-36(29-38)31-52-46(59)24-27-56-25-22-39(23-26-56)63-50(62)54-43-13-6-5-12-40(43)37-9-3-2-4-10-37/h2-21,29,33,39,45,51,57-58H,22-28,30-32H2,1H3,(H,52,59)(H,53,61)(H,54,62)(H,55,60)/t33?,45-/m0/s1. The number of nitrogens with one attached hydrogen (secondary N) is 5. The molecule has 7 rings (SSSR count). The van der Waals surface area contributed by atoms with Crippen LogP contribution < -0.4 is 26.8 Å². The number of fused-ring (bicyclic) bond motifs is 1. The van der Waals surface area contributed by atoms with Crippen molar-refractivity contribution in [2.75, 3.05) is 31.5 Å². The van der Waals surface area contributed by atoms with E-state index in [2.05, 4.69) is 31.2 Å². The van der Waals surface area contributed by atoms with Crippen LogP contribution in [0.1, 0.15) is 64.9 Å². The first-order valence-electron chi connectivity index (χ1n) is 21.4. The predicted molar refractivity (Wildman–Crippen MR) is 244 cm³/mol. The zero-order valence-electron chi connectivity index (χ0n) is 35.3. The number of phenols is 1. The van der Waals surface area contributed by atoms with Crippen molar-refractivity contribution in [1.29, 1.82) is 0 Å². The Balaban J connectivity index is 0.778. The molecule has 1 aliphatic rings. The number of anilines is 1. The number of aliphatic hydroxyl groups excluding tert-OH is 1. The molecule has 13 heteroatoms. The first kappa shape index (κ1) is 44.3. The van der Waals surface area contributed by atoms with Gasteiger partial charge in [0.25, 0.3) is 5.91 Å². The van der Waals surface area contributed by atoms with E-state index in [1.807, 2.05) is 97.9 Å². The van der Waals surface area contributed by atoms with Gasteiger partial charge in [-0.1, -0.05) is 91.0 Å². The number of para-hydroxylation sites is 1. The van der Waals surface area contributed by atoms with Crippen molar-refractivity contribution in [2.24, 2.45) is 0 Å². The van der Waals surface area contributed by atoms with Crippen LogP contribution in [0.4, 0.5) is 10.5 Å². The van der Waals surface area contributed by atoms with Gasteiger partial charge in [-0.2, -0.15) is 0 Å². The van der Waals surface area contributed by atoms with Crippen molar-refractivity contribution < 1.29 is 29.3 Å². The van der Waals surface area contributed by atoms with E-state index in [4.69, 9.17) is 4.74 Å². The third-order valence-electron chi connectivity index (χ3n) is 11.3.